The number of nitrogens with one attached hydrogen (secondary N) is 1. The van der Waals surface area contributed by atoms with E-state index in [4.69, 9.17) is 4.74 Å². The summed E-state index contributed by atoms with van der Waals surface area (Å²) in [5.74, 6) is 0.801. The second kappa shape index (κ2) is 8.17. The highest BCUT2D eigenvalue weighted by Crippen LogP contribution is 2.24. The lowest BCUT2D eigenvalue weighted by Gasteiger charge is -2.21. The Morgan fingerprint density at radius 1 is 1.35 bits per heavy atom. The van der Waals surface area contributed by atoms with E-state index in [1.165, 1.54) is 4.88 Å². The lowest BCUT2D eigenvalue weighted by Crippen LogP contribution is -2.23. The van der Waals surface area contributed by atoms with Crippen LogP contribution in [-0.2, 0) is 22.5 Å². The Hall–Kier alpha value is -1.79. The minimum absolute atomic E-state index is 0.0261. The monoisotopic (exact) mass is 331 g/mol. The van der Waals surface area contributed by atoms with Gasteiger partial charge in [0, 0.05) is 42.4 Å². The molecule has 2 aromatic heterocycles. The molecular weight excluding hydrogens is 310 g/mol. The molecule has 0 saturated carbocycles. The van der Waals surface area contributed by atoms with Gasteiger partial charge in [-0.1, -0.05) is 6.07 Å². The van der Waals surface area contributed by atoms with Crippen LogP contribution in [-0.4, -0.2) is 22.5 Å². The van der Waals surface area contributed by atoms with Crippen LogP contribution in [0, 0.1) is 0 Å². The van der Waals surface area contributed by atoms with Crippen LogP contribution in [0.15, 0.2) is 29.9 Å². The van der Waals surface area contributed by atoms with E-state index in [-0.39, 0.29) is 12.0 Å². The maximum absolute atomic E-state index is 11.9. The van der Waals surface area contributed by atoms with Crippen molar-refractivity contribution in [2.45, 2.75) is 44.8 Å². The number of carbonyl (C=O) groups is 1. The van der Waals surface area contributed by atoms with Gasteiger partial charge < -0.3 is 10.1 Å². The Morgan fingerprint density at radius 3 is 2.91 bits per heavy atom. The number of carbonyl (C=O) groups excluding carboxylic acids is 1. The number of hydrogen-bond acceptors (Lipinski definition) is 5. The highest BCUT2D eigenvalue weighted by molar-refractivity contribution is 7.09. The Bertz CT molecular complexity index is 607. The Balaban J connectivity index is 1.43. The third-order valence-corrected chi connectivity index (χ3v) is 4.80. The molecule has 0 aromatic carbocycles. The van der Waals surface area contributed by atoms with E-state index in [0.29, 0.717) is 13.0 Å². The fraction of sp³-hybridized carbons (Fsp3) is 0.471. The number of amides is 1. The predicted molar refractivity (Wildman–Crippen MR) is 89.1 cm³/mol. The normalized spacial score (nSPS) is 17.8. The summed E-state index contributed by atoms with van der Waals surface area (Å²) in [4.78, 5) is 21.9. The van der Waals surface area contributed by atoms with Gasteiger partial charge in [-0.15, -0.1) is 11.3 Å². The van der Waals surface area contributed by atoms with Crippen LogP contribution in [0.5, 0.6) is 0 Å². The number of aryl methyl sites for hydroxylation is 1. The van der Waals surface area contributed by atoms with Gasteiger partial charge in [0.15, 0.2) is 5.82 Å². The number of ether oxygens (including phenoxy) is 1. The van der Waals surface area contributed by atoms with E-state index in [9.17, 15) is 4.79 Å². The van der Waals surface area contributed by atoms with E-state index >= 15 is 0 Å². The van der Waals surface area contributed by atoms with Crippen LogP contribution >= 0.6 is 11.3 Å². The predicted octanol–water partition coefficient (Wildman–Crippen LogP) is 3.03. The summed E-state index contributed by atoms with van der Waals surface area (Å²) in [5, 5.41) is 4.94. The topological polar surface area (TPSA) is 64.1 Å². The largest absolute Gasteiger partial charge is 0.370 e. The number of thiophene rings is 1. The number of rotatable bonds is 6. The molecule has 0 spiro atoms. The molecule has 1 amide bonds. The van der Waals surface area contributed by atoms with Crippen LogP contribution in [0.4, 0.5) is 0 Å². The van der Waals surface area contributed by atoms with Crippen molar-refractivity contribution in [2.24, 2.45) is 0 Å². The first kappa shape index (κ1) is 16.1. The summed E-state index contributed by atoms with van der Waals surface area (Å²) in [6, 6.07) is 4.06. The fourth-order valence-electron chi connectivity index (χ4n) is 2.55. The van der Waals surface area contributed by atoms with Crippen LogP contribution in [0.3, 0.4) is 0 Å². The van der Waals surface area contributed by atoms with Crippen molar-refractivity contribution in [3.05, 3.63) is 46.2 Å². The summed E-state index contributed by atoms with van der Waals surface area (Å²) in [6.45, 7) is 1.26. The standard InChI is InChI=1S/C17H21N3O2S/c21-16(7-6-14-4-3-9-23-14)18-10-13-11-19-17(20-12-13)15-5-1-2-8-22-15/h3-4,9,11-12,15H,1-2,5-8,10H2,(H,18,21)/t15-/m1/s1. The van der Waals surface area contributed by atoms with Crippen LogP contribution in [0.2, 0.25) is 0 Å². The molecule has 0 radical (unpaired) electrons. The molecule has 122 valence electrons. The molecule has 0 bridgehead atoms. The van der Waals surface area contributed by atoms with Crippen molar-refractivity contribution < 1.29 is 9.53 Å². The molecule has 1 saturated heterocycles. The first-order valence-corrected chi connectivity index (χ1v) is 8.91. The van der Waals surface area contributed by atoms with E-state index < -0.39 is 0 Å². The van der Waals surface area contributed by atoms with Crippen LogP contribution < -0.4 is 5.32 Å². The first-order valence-electron chi connectivity index (χ1n) is 8.03. The molecule has 2 aromatic rings. The molecule has 6 heteroatoms. The van der Waals surface area contributed by atoms with E-state index in [2.05, 4.69) is 21.4 Å². The van der Waals surface area contributed by atoms with Gasteiger partial charge >= 0.3 is 0 Å². The smallest absolute Gasteiger partial charge is 0.220 e. The highest BCUT2D eigenvalue weighted by atomic mass is 32.1. The summed E-state index contributed by atoms with van der Waals surface area (Å²) < 4.78 is 5.68. The first-order chi connectivity index (χ1) is 11.3. The Morgan fingerprint density at radius 2 is 2.22 bits per heavy atom. The molecular formula is C17H21N3O2S. The molecule has 1 aliphatic heterocycles. The molecule has 1 atom stereocenters. The SMILES string of the molecule is O=C(CCc1cccs1)NCc1cnc([C@H]2CCCCO2)nc1. The number of hydrogen-bond donors (Lipinski definition) is 1. The molecule has 0 aliphatic carbocycles. The van der Waals surface area contributed by atoms with Gasteiger partial charge in [-0.3, -0.25) is 4.79 Å². The average molecular weight is 331 g/mol. The number of aromatic nitrogens is 2. The Kier molecular flexibility index (Phi) is 5.71. The molecule has 3 heterocycles. The highest BCUT2D eigenvalue weighted by Gasteiger charge is 2.18. The van der Waals surface area contributed by atoms with Gasteiger partial charge in [0.2, 0.25) is 5.91 Å². The lowest BCUT2D eigenvalue weighted by atomic mass is 10.1. The maximum Gasteiger partial charge on any atom is 0.220 e. The average Bonchev–Trinajstić information content (AvgIpc) is 3.13. The molecule has 3 rings (SSSR count). The zero-order valence-electron chi connectivity index (χ0n) is 13.0. The quantitative estimate of drug-likeness (QED) is 0.884. The Labute approximate surface area is 140 Å². The molecule has 1 fully saturated rings. The van der Waals surface area contributed by atoms with E-state index in [1.807, 2.05) is 11.4 Å². The van der Waals surface area contributed by atoms with E-state index in [0.717, 1.165) is 43.7 Å². The zero-order valence-corrected chi connectivity index (χ0v) is 13.8. The van der Waals surface area contributed by atoms with Gasteiger partial charge in [-0.25, -0.2) is 9.97 Å². The van der Waals surface area contributed by atoms with Crippen molar-refractivity contribution in [2.75, 3.05) is 6.61 Å². The molecule has 1 N–H and O–H groups in total. The lowest BCUT2D eigenvalue weighted by molar-refractivity contribution is -0.121. The van der Waals surface area contributed by atoms with Crippen molar-refractivity contribution in [1.82, 2.24) is 15.3 Å². The molecule has 0 unspecified atom stereocenters. The number of nitrogens with zero attached hydrogens (tertiary/aromatic N) is 2. The van der Waals surface area contributed by atoms with Crippen LogP contribution in [0.1, 0.15) is 48.1 Å². The van der Waals surface area contributed by atoms with Crippen molar-refractivity contribution in [3.63, 3.8) is 0 Å². The maximum atomic E-state index is 11.9. The summed E-state index contributed by atoms with van der Waals surface area (Å²) in [5.41, 5.74) is 0.911. The van der Waals surface area contributed by atoms with Crippen molar-refractivity contribution in [1.29, 1.82) is 0 Å². The van der Waals surface area contributed by atoms with Crippen molar-refractivity contribution in [3.8, 4) is 0 Å². The van der Waals surface area contributed by atoms with Gasteiger partial charge in [0.05, 0.1) is 0 Å². The molecule has 5 nitrogen and oxygen atoms in total. The molecule has 23 heavy (non-hydrogen) atoms. The zero-order chi connectivity index (χ0) is 15.9. The minimum atomic E-state index is 0.0261. The second-order valence-electron chi connectivity index (χ2n) is 5.66. The fourth-order valence-corrected chi connectivity index (χ4v) is 3.26. The minimum Gasteiger partial charge on any atom is -0.370 e. The summed E-state index contributed by atoms with van der Waals surface area (Å²) in [6.07, 6.45) is 8.15. The summed E-state index contributed by atoms with van der Waals surface area (Å²) in [7, 11) is 0. The van der Waals surface area contributed by atoms with E-state index in [1.54, 1.807) is 23.7 Å². The van der Waals surface area contributed by atoms with Gasteiger partial charge in [0.1, 0.15) is 6.10 Å². The van der Waals surface area contributed by atoms with Crippen LogP contribution in [0.25, 0.3) is 0 Å². The third-order valence-electron chi connectivity index (χ3n) is 3.86. The van der Waals surface area contributed by atoms with Gasteiger partial charge in [-0.05, 0) is 37.1 Å². The third kappa shape index (κ3) is 4.84. The molecule has 1 aliphatic rings. The van der Waals surface area contributed by atoms with Crippen molar-refractivity contribution >= 4 is 17.2 Å². The van der Waals surface area contributed by atoms with Gasteiger partial charge in [0.25, 0.3) is 0 Å². The van der Waals surface area contributed by atoms with Gasteiger partial charge in [-0.2, -0.15) is 0 Å². The second-order valence-corrected chi connectivity index (χ2v) is 6.69. The summed E-state index contributed by atoms with van der Waals surface area (Å²) >= 11 is 1.68.